The van der Waals surface area contributed by atoms with Gasteiger partial charge in [-0.15, -0.1) is 0 Å². The average molecular weight is 735 g/mol. The molecule has 6 nitrogen and oxygen atoms in total. The van der Waals surface area contributed by atoms with E-state index in [-0.39, 0.29) is 38.0 Å². The lowest BCUT2D eigenvalue weighted by Crippen LogP contribution is -2.30. The van der Waals surface area contributed by atoms with Crippen molar-refractivity contribution in [3.63, 3.8) is 0 Å². The summed E-state index contributed by atoms with van der Waals surface area (Å²) in [5.41, 5.74) is 0. The third kappa shape index (κ3) is 39.4. The summed E-state index contributed by atoms with van der Waals surface area (Å²) in [6.07, 6.45) is 52.8. The fourth-order valence-electron chi connectivity index (χ4n) is 5.08. The van der Waals surface area contributed by atoms with Gasteiger partial charge in [0.05, 0.1) is 6.42 Å². The second-order valence-electron chi connectivity index (χ2n) is 13.1. The number of hydrogen-bond acceptors (Lipinski definition) is 6. The van der Waals surface area contributed by atoms with Gasteiger partial charge in [-0.2, -0.15) is 0 Å². The highest BCUT2D eigenvalue weighted by atomic mass is 16.6. The largest absolute Gasteiger partial charge is 0.462 e. The molecule has 0 heterocycles. The predicted octanol–water partition coefficient (Wildman–Crippen LogP) is 13.1. The second kappa shape index (κ2) is 41.1. The first-order valence-corrected chi connectivity index (χ1v) is 20.7. The number of rotatable bonds is 35. The molecular weight excluding hydrogens is 661 g/mol. The second-order valence-corrected chi connectivity index (χ2v) is 13.1. The summed E-state index contributed by atoms with van der Waals surface area (Å²) >= 11 is 0. The van der Waals surface area contributed by atoms with E-state index in [1.54, 1.807) is 6.08 Å². The average Bonchev–Trinajstić information content (AvgIpc) is 3.15. The number of hydrogen-bond donors (Lipinski definition) is 0. The highest BCUT2D eigenvalue weighted by molar-refractivity contribution is 5.72. The van der Waals surface area contributed by atoms with E-state index >= 15 is 0 Å². The summed E-state index contributed by atoms with van der Waals surface area (Å²) in [5, 5.41) is 0. The molecule has 0 fully saturated rings. The molecule has 53 heavy (non-hydrogen) atoms. The topological polar surface area (TPSA) is 78.9 Å². The molecule has 0 aliphatic carbocycles. The van der Waals surface area contributed by atoms with Crippen LogP contribution >= 0.6 is 0 Å². The van der Waals surface area contributed by atoms with Crippen molar-refractivity contribution in [2.45, 2.75) is 168 Å². The summed E-state index contributed by atoms with van der Waals surface area (Å²) in [5.74, 6) is -1.10. The van der Waals surface area contributed by atoms with Crippen LogP contribution in [0.5, 0.6) is 0 Å². The fraction of sp³-hybridized carbons (Fsp3) is 0.596. The van der Waals surface area contributed by atoms with Crippen molar-refractivity contribution in [1.82, 2.24) is 0 Å². The number of allylic oxidation sites excluding steroid dienone is 15. The third-order valence-electron chi connectivity index (χ3n) is 8.10. The molecule has 1 unspecified atom stereocenters. The van der Waals surface area contributed by atoms with Gasteiger partial charge in [0.25, 0.3) is 0 Å². The van der Waals surface area contributed by atoms with E-state index in [0.717, 1.165) is 122 Å². The minimum atomic E-state index is -0.827. The van der Waals surface area contributed by atoms with Crippen molar-refractivity contribution < 1.29 is 28.6 Å². The minimum absolute atomic E-state index is 0.124. The summed E-state index contributed by atoms with van der Waals surface area (Å²) in [6.45, 7) is 6.12. The molecule has 0 aromatic rings. The SMILES string of the molecule is CC/C=C\C/C=C\C/C=C\CCCCCCC(=O)OCC(COC(=O)C/C=C\C/C=C\C/C=C\CC)OC(=O)CCCCCCC/C=C\C/C=C\CC. The Labute approximate surface area is 324 Å². The van der Waals surface area contributed by atoms with Crippen LogP contribution in [0, 0.1) is 0 Å². The van der Waals surface area contributed by atoms with Crippen LogP contribution in [0.4, 0.5) is 0 Å². The Bertz CT molecular complexity index is 1120. The van der Waals surface area contributed by atoms with Crippen LogP contribution in [0.2, 0.25) is 0 Å². The molecule has 0 aromatic carbocycles. The van der Waals surface area contributed by atoms with Gasteiger partial charge in [0.15, 0.2) is 6.10 Å². The molecule has 0 amide bonds. The Kier molecular flexibility index (Phi) is 38.2. The molecule has 0 aliphatic rings. The molecule has 0 bridgehead atoms. The van der Waals surface area contributed by atoms with Crippen LogP contribution in [-0.2, 0) is 28.6 Å². The van der Waals surface area contributed by atoms with Crippen LogP contribution in [-0.4, -0.2) is 37.2 Å². The Morgan fingerprint density at radius 3 is 1.23 bits per heavy atom. The van der Waals surface area contributed by atoms with Crippen molar-refractivity contribution in [2.75, 3.05) is 13.2 Å². The first kappa shape index (κ1) is 49.3. The Morgan fingerprint density at radius 2 is 0.755 bits per heavy atom. The highest BCUT2D eigenvalue weighted by Gasteiger charge is 2.19. The van der Waals surface area contributed by atoms with E-state index in [1.165, 1.54) is 0 Å². The van der Waals surface area contributed by atoms with Gasteiger partial charge in [-0.1, -0.05) is 150 Å². The van der Waals surface area contributed by atoms with Gasteiger partial charge in [0.1, 0.15) is 13.2 Å². The normalized spacial score (nSPS) is 13.0. The molecule has 0 spiro atoms. The van der Waals surface area contributed by atoms with Crippen LogP contribution in [0.1, 0.15) is 162 Å². The van der Waals surface area contributed by atoms with E-state index in [9.17, 15) is 14.4 Å². The van der Waals surface area contributed by atoms with E-state index in [2.05, 4.69) is 106 Å². The smallest absolute Gasteiger partial charge is 0.309 e. The molecule has 0 N–H and O–H groups in total. The van der Waals surface area contributed by atoms with Crippen molar-refractivity contribution in [3.8, 4) is 0 Å². The Hall–Kier alpha value is -3.67. The quantitative estimate of drug-likeness (QED) is 0.0279. The predicted molar refractivity (Wildman–Crippen MR) is 224 cm³/mol. The molecule has 0 saturated carbocycles. The minimum Gasteiger partial charge on any atom is -0.462 e. The van der Waals surface area contributed by atoms with Gasteiger partial charge < -0.3 is 14.2 Å². The lowest BCUT2D eigenvalue weighted by Gasteiger charge is -2.18. The van der Waals surface area contributed by atoms with Gasteiger partial charge in [-0.3, -0.25) is 14.4 Å². The summed E-state index contributed by atoms with van der Waals surface area (Å²) < 4.78 is 16.5. The number of carbonyl (C=O) groups is 3. The number of carbonyl (C=O) groups excluding carboxylic acids is 3. The molecule has 6 heteroatoms. The molecule has 0 radical (unpaired) electrons. The highest BCUT2D eigenvalue weighted by Crippen LogP contribution is 2.11. The fourth-order valence-corrected chi connectivity index (χ4v) is 5.08. The van der Waals surface area contributed by atoms with Crippen LogP contribution < -0.4 is 0 Å². The van der Waals surface area contributed by atoms with Crippen molar-refractivity contribution >= 4 is 17.9 Å². The van der Waals surface area contributed by atoms with Gasteiger partial charge in [-0.05, 0) is 89.9 Å². The lowest BCUT2D eigenvalue weighted by atomic mass is 10.1. The zero-order chi connectivity index (χ0) is 38.7. The molecule has 298 valence electrons. The number of ether oxygens (including phenoxy) is 3. The van der Waals surface area contributed by atoms with E-state index < -0.39 is 12.1 Å². The maximum Gasteiger partial charge on any atom is 0.309 e. The number of unbranched alkanes of at least 4 members (excludes halogenated alkanes) is 9. The van der Waals surface area contributed by atoms with Crippen molar-refractivity contribution in [1.29, 1.82) is 0 Å². The molecule has 0 aliphatic heterocycles. The zero-order valence-electron chi connectivity index (χ0n) is 33.7. The summed E-state index contributed by atoms with van der Waals surface area (Å²) in [7, 11) is 0. The van der Waals surface area contributed by atoms with Crippen LogP contribution in [0.3, 0.4) is 0 Å². The van der Waals surface area contributed by atoms with Gasteiger partial charge >= 0.3 is 17.9 Å². The summed E-state index contributed by atoms with van der Waals surface area (Å²) in [6, 6.07) is 0. The monoisotopic (exact) mass is 735 g/mol. The number of esters is 3. The van der Waals surface area contributed by atoms with Gasteiger partial charge in [0, 0.05) is 12.8 Å². The Morgan fingerprint density at radius 1 is 0.396 bits per heavy atom. The van der Waals surface area contributed by atoms with Crippen molar-refractivity contribution in [2.24, 2.45) is 0 Å². The van der Waals surface area contributed by atoms with E-state index in [0.29, 0.717) is 6.42 Å². The van der Waals surface area contributed by atoms with Gasteiger partial charge in [-0.25, -0.2) is 0 Å². The van der Waals surface area contributed by atoms with Crippen LogP contribution in [0.15, 0.2) is 97.2 Å². The van der Waals surface area contributed by atoms with E-state index in [4.69, 9.17) is 14.2 Å². The molecule has 0 rings (SSSR count). The first-order valence-electron chi connectivity index (χ1n) is 20.7. The van der Waals surface area contributed by atoms with Crippen molar-refractivity contribution in [3.05, 3.63) is 97.2 Å². The summed E-state index contributed by atoms with van der Waals surface area (Å²) in [4.78, 5) is 37.5. The van der Waals surface area contributed by atoms with Crippen LogP contribution in [0.25, 0.3) is 0 Å². The Balaban J connectivity index is 4.52. The molecule has 0 aromatic heterocycles. The standard InChI is InChI=1S/C47H74O6/c1-4-7-10-13-16-19-21-23-24-26-28-31-34-37-40-46(49)52-43-44(42-51-45(48)39-36-33-30-27-18-15-12-9-6-3)53-47(50)41-38-35-32-29-25-22-20-17-14-11-8-5-2/h7-12,16-20,23-24,27,33,36,44H,4-6,13-15,21-22,25-26,28-32,34-35,37-43H2,1-3H3/b10-7-,11-8-,12-9-,19-16-,20-17-,24-23-,27-18-,36-33-. The first-order chi connectivity index (χ1) is 26.0. The maximum absolute atomic E-state index is 12.6. The third-order valence-corrected chi connectivity index (χ3v) is 8.10. The zero-order valence-corrected chi connectivity index (χ0v) is 33.7. The maximum atomic E-state index is 12.6. The lowest BCUT2D eigenvalue weighted by molar-refractivity contribution is -0.166. The molecular formula is C47H74O6. The van der Waals surface area contributed by atoms with E-state index in [1.807, 2.05) is 6.08 Å². The molecule has 0 saturated heterocycles. The van der Waals surface area contributed by atoms with Gasteiger partial charge in [0.2, 0.25) is 0 Å². The molecule has 1 atom stereocenters.